The highest BCUT2D eigenvalue weighted by molar-refractivity contribution is 5.77. The van der Waals surface area contributed by atoms with Crippen molar-refractivity contribution in [2.45, 2.75) is 13.8 Å². The van der Waals surface area contributed by atoms with Crippen molar-refractivity contribution in [1.29, 1.82) is 5.26 Å². The van der Waals surface area contributed by atoms with Crippen LogP contribution >= 0.6 is 0 Å². The van der Waals surface area contributed by atoms with Crippen LogP contribution in [0.2, 0.25) is 0 Å². The van der Waals surface area contributed by atoms with Crippen molar-refractivity contribution in [2.75, 3.05) is 12.8 Å². The Morgan fingerprint density at radius 3 is 2.17 bits per heavy atom. The molecule has 0 amide bonds. The van der Waals surface area contributed by atoms with E-state index in [1.54, 1.807) is 7.11 Å². The zero-order valence-electron chi connectivity index (χ0n) is 14.0. The molecule has 0 saturated carbocycles. The Morgan fingerprint density at radius 1 is 1.00 bits per heavy atom. The summed E-state index contributed by atoms with van der Waals surface area (Å²) in [6.45, 7) is 3.98. The van der Waals surface area contributed by atoms with Gasteiger partial charge in [0.05, 0.1) is 18.4 Å². The van der Waals surface area contributed by atoms with Gasteiger partial charge in [0.2, 0.25) is 0 Å². The normalized spacial score (nSPS) is 10.4. The van der Waals surface area contributed by atoms with Gasteiger partial charge >= 0.3 is 0 Å². The minimum Gasteiger partial charge on any atom is -0.497 e. The second-order valence-electron chi connectivity index (χ2n) is 5.75. The zero-order chi connectivity index (χ0) is 17.3. The molecule has 4 nitrogen and oxygen atoms in total. The van der Waals surface area contributed by atoms with E-state index in [2.05, 4.69) is 30.3 Å². The molecule has 0 aliphatic rings. The van der Waals surface area contributed by atoms with E-state index in [4.69, 9.17) is 10.5 Å². The van der Waals surface area contributed by atoms with Crippen LogP contribution in [-0.4, -0.2) is 11.7 Å². The summed E-state index contributed by atoms with van der Waals surface area (Å²) >= 11 is 0. The molecule has 0 atom stereocenters. The lowest BCUT2D eigenvalue weighted by Crippen LogP contribution is -2.02. The molecule has 0 bridgehead atoms. The number of aryl methyl sites for hydroxylation is 1. The Kier molecular flexibility index (Phi) is 4.01. The number of nitrogen functional groups attached to an aromatic ring is 1. The van der Waals surface area contributed by atoms with E-state index in [9.17, 15) is 5.26 Å². The van der Waals surface area contributed by atoms with E-state index in [1.165, 1.54) is 5.56 Å². The molecule has 0 aliphatic heterocycles. The first kappa shape index (κ1) is 15.7. The largest absolute Gasteiger partial charge is 0.497 e. The Balaban J connectivity index is 2.27. The van der Waals surface area contributed by atoms with Crippen molar-refractivity contribution < 1.29 is 4.74 Å². The molecule has 24 heavy (non-hydrogen) atoms. The molecule has 0 saturated heterocycles. The van der Waals surface area contributed by atoms with Crippen LogP contribution in [0.3, 0.4) is 0 Å². The molecule has 120 valence electrons. The van der Waals surface area contributed by atoms with Gasteiger partial charge in [-0.2, -0.15) is 5.26 Å². The van der Waals surface area contributed by atoms with Gasteiger partial charge in [-0.25, -0.2) is 0 Å². The van der Waals surface area contributed by atoms with Gasteiger partial charge in [0.1, 0.15) is 17.6 Å². The lowest BCUT2D eigenvalue weighted by molar-refractivity contribution is 0.415. The monoisotopic (exact) mass is 317 g/mol. The van der Waals surface area contributed by atoms with Gasteiger partial charge < -0.3 is 10.5 Å². The summed E-state index contributed by atoms with van der Waals surface area (Å²) in [6, 6.07) is 18.1. The fraction of sp³-hybridized carbons (Fsp3) is 0.150. The minimum atomic E-state index is 0.454. The van der Waals surface area contributed by atoms with Crippen LogP contribution in [-0.2, 0) is 0 Å². The lowest BCUT2D eigenvalue weighted by Gasteiger charge is -2.13. The standard InChI is InChI=1S/C20H19N3O/c1-13-4-6-15(7-5-13)19-14(2)18(12-21)20(22)23(19)16-8-10-17(24-3)11-9-16/h4-11H,22H2,1-3H3. The van der Waals surface area contributed by atoms with Crippen molar-refractivity contribution in [3.63, 3.8) is 0 Å². The maximum atomic E-state index is 9.49. The van der Waals surface area contributed by atoms with Crippen LogP contribution in [0, 0.1) is 25.2 Å². The maximum Gasteiger partial charge on any atom is 0.126 e. The van der Waals surface area contributed by atoms with E-state index in [0.29, 0.717) is 11.4 Å². The second kappa shape index (κ2) is 6.13. The number of rotatable bonds is 3. The molecule has 3 rings (SSSR count). The smallest absolute Gasteiger partial charge is 0.126 e. The molecule has 0 unspecified atom stereocenters. The molecular weight excluding hydrogens is 298 g/mol. The third-order valence-electron chi connectivity index (χ3n) is 4.22. The number of nitriles is 1. The first-order valence-corrected chi connectivity index (χ1v) is 7.69. The number of benzene rings is 2. The van der Waals surface area contributed by atoms with E-state index in [-0.39, 0.29) is 0 Å². The van der Waals surface area contributed by atoms with Gasteiger partial charge in [0, 0.05) is 5.69 Å². The molecule has 0 aliphatic carbocycles. The molecule has 0 spiro atoms. The lowest BCUT2D eigenvalue weighted by atomic mass is 10.0. The fourth-order valence-electron chi connectivity index (χ4n) is 2.91. The molecule has 0 radical (unpaired) electrons. The molecule has 4 heteroatoms. The zero-order valence-corrected chi connectivity index (χ0v) is 14.0. The SMILES string of the molecule is COc1ccc(-n2c(N)c(C#N)c(C)c2-c2ccc(C)cc2)cc1. The summed E-state index contributed by atoms with van der Waals surface area (Å²) in [6.07, 6.45) is 0. The number of ether oxygens (including phenoxy) is 1. The minimum absolute atomic E-state index is 0.454. The van der Waals surface area contributed by atoms with Gasteiger partial charge in [-0.3, -0.25) is 4.57 Å². The van der Waals surface area contributed by atoms with Crippen LogP contribution in [0.1, 0.15) is 16.7 Å². The van der Waals surface area contributed by atoms with Gasteiger partial charge in [0.15, 0.2) is 0 Å². The van der Waals surface area contributed by atoms with Crippen molar-refractivity contribution in [2.24, 2.45) is 0 Å². The van der Waals surface area contributed by atoms with E-state index < -0.39 is 0 Å². The van der Waals surface area contributed by atoms with Crippen LogP contribution in [0.25, 0.3) is 16.9 Å². The number of nitrogens with zero attached hydrogens (tertiary/aromatic N) is 2. The highest BCUT2D eigenvalue weighted by Crippen LogP contribution is 2.35. The first-order chi connectivity index (χ1) is 11.6. The van der Waals surface area contributed by atoms with Gasteiger partial charge in [0.25, 0.3) is 0 Å². The maximum absolute atomic E-state index is 9.49. The third kappa shape index (κ3) is 2.50. The number of aromatic nitrogens is 1. The Hall–Kier alpha value is -3.19. The highest BCUT2D eigenvalue weighted by atomic mass is 16.5. The van der Waals surface area contributed by atoms with Crippen LogP contribution < -0.4 is 10.5 Å². The summed E-state index contributed by atoms with van der Waals surface area (Å²) < 4.78 is 7.15. The summed E-state index contributed by atoms with van der Waals surface area (Å²) in [5, 5.41) is 9.49. The highest BCUT2D eigenvalue weighted by Gasteiger charge is 2.20. The average molecular weight is 317 g/mol. The van der Waals surface area contributed by atoms with E-state index >= 15 is 0 Å². The van der Waals surface area contributed by atoms with Crippen LogP contribution in [0.5, 0.6) is 5.75 Å². The second-order valence-corrected chi connectivity index (χ2v) is 5.75. The third-order valence-corrected chi connectivity index (χ3v) is 4.22. The molecule has 2 N–H and O–H groups in total. The summed E-state index contributed by atoms with van der Waals surface area (Å²) in [4.78, 5) is 0. The van der Waals surface area contributed by atoms with Crippen LogP contribution in [0.15, 0.2) is 48.5 Å². The molecule has 1 heterocycles. The quantitative estimate of drug-likeness (QED) is 0.786. The van der Waals surface area contributed by atoms with Crippen LogP contribution in [0.4, 0.5) is 5.82 Å². The number of methoxy groups -OCH3 is 1. The number of anilines is 1. The number of hydrogen-bond acceptors (Lipinski definition) is 3. The van der Waals surface area contributed by atoms with Crippen molar-refractivity contribution in [3.8, 4) is 28.8 Å². The molecule has 1 aromatic heterocycles. The summed E-state index contributed by atoms with van der Waals surface area (Å²) in [5.41, 5.74) is 11.7. The summed E-state index contributed by atoms with van der Waals surface area (Å²) in [5.74, 6) is 1.23. The van der Waals surface area contributed by atoms with Gasteiger partial charge in [-0.15, -0.1) is 0 Å². The Bertz CT molecular complexity index is 914. The first-order valence-electron chi connectivity index (χ1n) is 7.69. The fourth-order valence-corrected chi connectivity index (χ4v) is 2.91. The summed E-state index contributed by atoms with van der Waals surface area (Å²) in [7, 11) is 1.63. The average Bonchev–Trinajstić information content (AvgIpc) is 2.86. The van der Waals surface area contributed by atoms with Crippen molar-refractivity contribution in [1.82, 2.24) is 4.57 Å². The van der Waals surface area contributed by atoms with E-state index in [0.717, 1.165) is 28.3 Å². The van der Waals surface area contributed by atoms with E-state index in [1.807, 2.05) is 42.7 Å². The van der Waals surface area contributed by atoms with Crippen molar-refractivity contribution >= 4 is 5.82 Å². The molecule has 3 aromatic rings. The predicted molar refractivity (Wildman–Crippen MR) is 96.4 cm³/mol. The van der Waals surface area contributed by atoms with Gasteiger partial charge in [-0.1, -0.05) is 29.8 Å². The van der Waals surface area contributed by atoms with Crippen molar-refractivity contribution in [3.05, 3.63) is 65.2 Å². The number of hydrogen-bond donors (Lipinski definition) is 1. The molecular formula is C20H19N3O. The predicted octanol–water partition coefficient (Wildman–Crippen LogP) is 4.22. The Morgan fingerprint density at radius 2 is 1.62 bits per heavy atom. The molecule has 0 fully saturated rings. The number of nitrogens with two attached hydrogens (primary N) is 1. The molecule has 2 aromatic carbocycles. The topological polar surface area (TPSA) is 64.0 Å². The Labute approximate surface area is 141 Å². The van der Waals surface area contributed by atoms with Gasteiger partial charge in [-0.05, 0) is 49.2 Å².